The third kappa shape index (κ3) is 3.30. The van der Waals surface area contributed by atoms with E-state index in [0.717, 1.165) is 0 Å². The zero-order valence-electron chi connectivity index (χ0n) is 9.59. The van der Waals surface area contributed by atoms with E-state index in [4.69, 9.17) is 11.6 Å². The number of Topliss-reactive ketones (excluding diaryl/α,β-unsaturated/α-hetero) is 1. The van der Waals surface area contributed by atoms with E-state index in [0.29, 0.717) is 14.7 Å². The molecule has 0 saturated heterocycles. The highest BCUT2D eigenvalue weighted by Gasteiger charge is 2.14. The molecule has 0 bridgehead atoms. The molecule has 98 valence electrons. The number of ketones is 1. The number of carbonyl (C=O) groups is 1. The molecule has 0 N–H and O–H groups in total. The minimum Gasteiger partial charge on any atom is -0.294 e. The Kier molecular flexibility index (Phi) is 4.52. The van der Waals surface area contributed by atoms with Crippen molar-refractivity contribution in [2.24, 2.45) is 0 Å². The number of carbonyl (C=O) groups excluding carboxylic acids is 1. The van der Waals surface area contributed by atoms with Gasteiger partial charge in [-0.05, 0) is 52.4 Å². The summed E-state index contributed by atoms with van der Waals surface area (Å²) >= 11 is 7.69. The summed E-state index contributed by atoms with van der Waals surface area (Å²) in [6, 6.07) is 8.26. The van der Waals surface area contributed by atoms with Crippen LogP contribution in [0.5, 0.6) is 0 Å². The van der Waals surface area contributed by atoms with Crippen LogP contribution in [0.25, 0.3) is 0 Å². The highest BCUT2D eigenvalue weighted by atomic mass is 127. The van der Waals surface area contributed by atoms with Gasteiger partial charge in [-0.1, -0.05) is 23.7 Å². The molecule has 2 rings (SSSR count). The molecule has 0 saturated carbocycles. The summed E-state index contributed by atoms with van der Waals surface area (Å²) in [7, 11) is 0. The lowest BCUT2D eigenvalue weighted by Gasteiger charge is -2.06. The van der Waals surface area contributed by atoms with Gasteiger partial charge in [0.05, 0.1) is 5.02 Å². The summed E-state index contributed by atoms with van der Waals surface area (Å²) in [4.78, 5) is 12.1. The molecule has 0 atom stereocenters. The summed E-state index contributed by atoms with van der Waals surface area (Å²) in [5, 5.41) is -0.0482. The van der Waals surface area contributed by atoms with Crippen LogP contribution < -0.4 is 0 Å². The summed E-state index contributed by atoms with van der Waals surface area (Å²) in [6.45, 7) is 0. The van der Waals surface area contributed by atoms with Gasteiger partial charge in [-0.2, -0.15) is 0 Å². The lowest BCUT2D eigenvalue weighted by Crippen LogP contribution is -2.07. The molecule has 5 heteroatoms. The number of rotatable bonds is 3. The maximum absolute atomic E-state index is 13.3. The van der Waals surface area contributed by atoms with Crippen LogP contribution in [0.3, 0.4) is 0 Å². The molecule has 0 fully saturated rings. The van der Waals surface area contributed by atoms with Gasteiger partial charge in [0.1, 0.15) is 11.6 Å². The predicted molar refractivity (Wildman–Crippen MR) is 78.6 cm³/mol. The van der Waals surface area contributed by atoms with E-state index in [1.54, 1.807) is 6.07 Å². The average Bonchev–Trinajstić information content (AvgIpc) is 2.34. The molecule has 2 aromatic rings. The van der Waals surface area contributed by atoms with Crippen molar-refractivity contribution in [3.63, 3.8) is 0 Å². The Labute approximate surface area is 127 Å². The maximum Gasteiger partial charge on any atom is 0.168 e. The van der Waals surface area contributed by atoms with Crippen LogP contribution in [-0.4, -0.2) is 5.78 Å². The maximum atomic E-state index is 13.3. The van der Waals surface area contributed by atoms with E-state index < -0.39 is 11.6 Å². The first-order valence-corrected chi connectivity index (χ1v) is 6.86. The molecule has 0 aromatic heterocycles. The Morgan fingerprint density at radius 2 is 1.95 bits per heavy atom. The quantitative estimate of drug-likeness (QED) is 0.549. The molecule has 0 spiro atoms. The smallest absolute Gasteiger partial charge is 0.168 e. The molecular weight excluding hydrogens is 385 g/mol. The van der Waals surface area contributed by atoms with Crippen molar-refractivity contribution in [3.8, 4) is 0 Å². The van der Waals surface area contributed by atoms with Gasteiger partial charge in [0, 0.05) is 15.6 Å². The number of hydrogen-bond donors (Lipinski definition) is 0. The molecule has 2 aromatic carbocycles. The number of halogens is 4. The predicted octanol–water partition coefficient (Wildman–Crippen LogP) is 4.65. The zero-order valence-corrected chi connectivity index (χ0v) is 12.5. The van der Waals surface area contributed by atoms with E-state index in [1.807, 2.05) is 22.6 Å². The lowest BCUT2D eigenvalue weighted by molar-refractivity contribution is 0.0992. The Bertz CT molecular complexity index is 643. The van der Waals surface area contributed by atoms with Crippen molar-refractivity contribution < 1.29 is 13.6 Å². The molecule has 19 heavy (non-hydrogen) atoms. The Balaban J connectivity index is 2.28. The second-order valence-electron chi connectivity index (χ2n) is 3.94. The second kappa shape index (κ2) is 5.96. The Morgan fingerprint density at radius 3 is 2.63 bits per heavy atom. The van der Waals surface area contributed by atoms with E-state index in [2.05, 4.69) is 0 Å². The summed E-state index contributed by atoms with van der Waals surface area (Å²) in [5.74, 6) is -1.18. The monoisotopic (exact) mass is 392 g/mol. The van der Waals surface area contributed by atoms with Gasteiger partial charge in [0.2, 0.25) is 0 Å². The first-order valence-electron chi connectivity index (χ1n) is 5.40. The van der Waals surface area contributed by atoms with Gasteiger partial charge >= 0.3 is 0 Å². The molecule has 0 unspecified atom stereocenters. The lowest BCUT2D eigenvalue weighted by atomic mass is 10.0. The third-order valence-corrected chi connectivity index (χ3v) is 3.93. The van der Waals surface area contributed by atoms with Crippen molar-refractivity contribution in [1.29, 1.82) is 0 Å². The normalized spacial score (nSPS) is 10.5. The molecule has 0 amide bonds. The molecule has 0 aliphatic heterocycles. The largest absolute Gasteiger partial charge is 0.294 e. The minimum atomic E-state index is -0.555. The summed E-state index contributed by atoms with van der Waals surface area (Å²) in [5.41, 5.74) is 0.828. The fourth-order valence-corrected chi connectivity index (χ4v) is 2.64. The molecule has 0 radical (unpaired) electrons. The molecular formula is C14H8ClF2IO. The first kappa shape index (κ1) is 14.4. The molecule has 0 aliphatic carbocycles. The van der Waals surface area contributed by atoms with Gasteiger partial charge in [-0.3, -0.25) is 4.79 Å². The van der Waals surface area contributed by atoms with Gasteiger partial charge in [0.15, 0.2) is 5.78 Å². The van der Waals surface area contributed by atoms with Crippen LogP contribution in [0, 0.1) is 15.2 Å². The van der Waals surface area contributed by atoms with Gasteiger partial charge in [-0.15, -0.1) is 0 Å². The van der Waals surface area contributed by atoms with Crippen molar-refractivity contribution in [2.75, 3.05) is 0 Å². The number of benzene rings is 2. The van der Waals surface area contributed by atoms with Gasteiger partial charge in [0.25, 0.3) is 0 Å². The summed E-state index contributed by atoms with van der Waals surface area (Å²) < 4.78 is 26.8. The standard InChI is InChI=1S/C14H8ClF2IO/c15-14-8(2-1-3-11(14)17)6-13(19)10-5-4-9(16)7-12(10)18/h1-5,7H,6H2. The van der Waals surface area contributed by atoms with Crippen molar-refractivity contribution >= 4 is 40.0 Å². The molecule has 0 heterocycles. The van der Waals surface area contributed by atoms with Gasteiger partial charge < -0.3 is 0 Å². The third-order valence-electron chi connectivity index (χ3n) is 2.61. The van der Waals surface area contributed by atoms with E-state index in [9.17, 15) is 13.6 Å². The zero-order chi connectivity index (χ0) is 14.0. The van der Waals surface area contributed by atoms with Crippen LogP contribution >= 0.6 is 34.2 Å². The topological polar surface area (TPSA) is 17.1 Å². The number of hydrogen-bond acceptors (Lipinski definition) is 1. The highest BCUT2D eigenvalue weighted by Crippen LogP contribution is 2.22. The second-order valence-corrected chi connectivity index (χ2v) is 5.48. The minimum absolute atomic E-state index is 0.0156. The van der Waals surface area contributed by atoms with Crippen LogP contribution in [0.2, 0.25) is 5.02 Å². The van der Waals surface area contributed by atoms with Crippen LogP contribution in [0.15, 0.2) is 36.4 Å². The van der Waals surface area contributed by atoms with Crippen molar-refractivity contribution in [1.82, 2.24) is 0 Å². The SMILES string of the molecule is O=C(Cc1cccc(F)c1Cl)c1ccc(F)cc1I. The Morgan fingerprint density at radius 1 is 1.21 bits per heavy atom. The van der Waals surface area contributed by atoms with Crippen LogP contribution in [0.4, 0.5) is 8.78 Å². The van der Waals surface area contributed by atoms with E-state index in [1.165, 1.54) is 30.3 Å². The fourth-order valence-electron chi connectivity index (χ4n) is 1.67. The van der Waals surface area contributed by atoms with Crippen molar-refractivity contribution in [2.45, 2.75) is 6.42 Å². The Hall–Kier alpha value is -1.01. The molecule has 1 nitrogen and oxygen atoms in total. The first-order chi connectivity index (χ1) is 8.99. The van der Waals surface area contributed by atoms with Crippen LogP contribution in [-0.2, 0) is 6.42 Å². The highest BCUT2D eigenvalue weighted by molar-refractivity contribution is 14.1. The van der Waals surface area contributed by atoms with Crippen LogP contribution in [0.1, 0.15) is 15.9 Å². The average molecular weight is 393 g/mol. The van der Waals surface area contributed by atoms with Gasteiger partial charge in [-0.25, -0.2) is 8.78 Å². The summed E-state index contributed by atoms with van der Waals surface area (Å²) in [6.07, 6.45) is -0.0156. The fraction of sp³-hybridized carbons (Fsp3) is 0.0714. The van der Waals surface area contributed by atoms with Crippen molar-refractivity contribution in [3.05, 3.63) is 67.8 Å². The molecule has 0 aliphatic rings. The van der Waals surface area contributed by atoms with E-state index in [-0.39, 0.29) is 17.2 Å². The van der Waals surface area contributed by atoms with E-state index >= 15 is 0 Å².